The molecule has 11 aromatic carbocycles. The van der Waals surface area contributed by atoms with E-state index in [0.29, 0.717) is 11.8 Å². The first-order valence-corrected chi connectivity index (χ1v) is 26.8. The minimum Gasteiger partial charge on any atom is -0.310 e. The van der Waals surface area contributed by atoms with Gasteiger partial charge >= 0.3 is 0 Å². The minimum absolute atomic E-state index is 0.0274. The number of para-hydroxylation sites is 2. The molecular weight excluding hydrogens is 891 g/mol. The van der Waals surface area contributed by atoms with Gasteiger partial charge in [0.25, 0.3) is 0 Å². The van der Waals surface area contributed by atoms with Gasteiger partial charge < -0.3 is 4.90 Å². The summed E-state index contributed by atoms with van der Waals surface area (Å²) in [5.74, 6) is 1.09. The van der Waals surface area contributed by atoms with E-state index in [4.69, 9.17) is 0 Å². The second-order valence-electron chi connectivity index (χ2n) is 21.4. The zero-order chi connectivity index (χ0) is 48.7. The van der Waals surface area contributed by atoms with Gasteiger partial charge in [-0.1, -0.05) is 224 Å². The lowest BCUT2D eigenvalue weighted by Crippen LogP contribution is -2.34. The van der Waals surface area contributed by atoms with E-state index in [1.807, 2.05) is 0 Å². The first kappa shape index (κ1) is 43.1. The Hall–Kier alpha value is -8.52. The van der Waals surface area contributed by atoms with Gasteiger partial charge in [-0.15, -0.1) is 0 Å². The number of nitrogens with zero attached hydrogens (tertiary/aromatic N) is 1. The van der Waals surface area contributed by atoms with Gasteiger partial charge in [0.1, 0.15) is 0 Å². The fraction of sp³-hybridized carbons (Fsp3) is 0.123. The van der Waals surface area contributed by atoms with E-state index in [-0.39, 0.29) is 11.3 Å². The predicted molar refractivity (Wildman–Crippen MR) is 308 cm³/mol. The van der Waals surface area contributed by atoms with Crippen LogP contribution in [0.1, 0.15) is 68.8 Å². The van der Waals surface area contributed by atoms with Crippen LogP contribution in [0.2, 0.25) is 0 Å². The summed E-state index contributed by atoms with van der Waals surface area (Å²) >= 11 is 0. The van der Waals surface area contributed by atoms with Crippen molar-refractivity contribution in [2.75, 3.05) is 4.90 Å². The van der Waals surface area contributed by atoms with Crippen molar-refractivity contribution in [2.45, 2.75) is 43.4 Å². The van der Waals surface area contributed by atoms with Crippen molar-refractivity contribution in [3.05, 3.63) is 305 Å². The molecule has 1 fully saturated rings. The Morgan fingerprint density at radius 3 is 1.68 bits per heavy atom. The Kier molecular flexibility index (Phi) is 10.1. The molecule has 4 aliphatic rings. The second kappa shape index (κ2) is 17.3. The lowest BCUT2D eigenvalue weighted by atomic mass is 9.65. The molecule has 4 aliphatic carbocycles. The van der Waals surface area contributed by atoms with Gasteiger partial charge in [0.2, 0.25) is 0 Å². The topological polar surface area (TPSA) is 3.24 Å². The van der Waals surface area contributed by atoms with Crippen LogP contribution in [0.15, 0.2) is 255 Å². The van der Waals surface area contributed by atoms with Crippen LogP contribution in [-0.4, -0.2) is 0 Å². The van der Waals surface area contributed by atoms with Crippen LogP contribution in [0, 0.1) is 11.8 Å². The highest BCUT2D eigenvalue weighted by Gasteiger charge is 2.62. The molecule has 11 aromatic rings. The van der Waals surface area contributed by atoms with Crippen molar-refractivity contribution < 1.29 is 0 Å². The van der Waals surface area contributed by atoms with E-state index < -0.39 is 0 Å². The highest BCUT2D eigenvalue weighted by molar-refractivity contribution is 6.04. The van der Waals surface area contributed by atoms with Crippen LogP contribution in [-0.2, 0) is 24.7 Å². The Morgan fingerprint density at radius 2 is 0.932 bits per heavy atom. The molecule has 0 heterocycles. The van der Waals surface area contributed by atoms with Gasteiger partial charge in [-0.25, -0.2) is 0 Å². The van der Waals surface area contributed by atoms with Gasteiger partial charge in [-0.05, 0) is 180 Å². The molecule has 0 bridgehead atoms. The summed E-state index contributed by atoms with van der Waals surface area (Å²) in [6, 6.07) is 96.5. The van der Waals surface area contributed by atoms with Crippen molar-refractivity contribution in [2.24, 2.45) is 11.8 Å². The number of fused-ring (bicyclic) bond motifs is 6. The molecule has 0 saturated heterocycles. The maximum absolute atomic E-state index is 2.57. The highest BCUT2D eigenvalue weighted by atomic mass is 15.1. The van der Waals surface area contributed by atoms with E-state index in [2.05, 4.69) is 260 Å². The molecule has 4 atom stereocenters. The van der Waals surface area contributed by atoms with Crippen molar-refractivity contribution in [1.29, 1.82) is 0 Å². The van der Waals surface area contributed by atoms with E-state index in [1.54, 1.807) is 16.7 Å². The standard InChI is InChI=1S/C73H55N/c1-4-16-48(17-5-1)49-30-34-53(35-31-49)70-65-27-13-10-18-50(65)38-43-66(70)51-32-36-52(37-33-51)69(55-39-42-64-58(45-55)44-54-19-11-12-26-63(54)64)67-28-14-20-56-46-59-40-41-60-47-57-21-15-29-68(72(57)73(59,60)71(56)67)74(61-22-6-2-7-23-61)62-24-8-3-9-25-62/h1-39,42-43,45,59-60,69H,40-41,44,46-47H2. The van der Waals surface area contributed by atoms with E-state index >= 15 is 0 Å². The molecule has 74 heavy (non-hydrogen) atoms. The van der Waals surface area contributed by atoms with Gasteiger partial charge in [0.05, 0.1) is 5.69 Å². The maximum Gasteiger partial charge on any atom is 0.0505 e. The summed E-state index contributed by atoms with van der Waals surface area (Å²) in [7, 11) is 0. The average Bonchev–Trinajstić information content (AvgIpc) is 4.21. The Balaban J connectivity index is 0.913. The summed E-state index contributed by atoms with van der Waals surface area (Å²) in [5, 5.41) is 2.52. The second-order valence-corrected chi connectivity index (χ2v) is 21.4. The van der Waals surface area contributed by atoms with Crippen LogP contribution < -0.4 is 4.90 Å². The monoisotopic (exact) mass is 945 g/mol. The SMILES string of the molecule is c1ccc(-c2ccc(-c3c(-c4ccc(C(c5ccc6c(c5)Cc5ccccc5-6)c5cccc6c5C57c8c(cccc8N(c8ccccc8)c8ccccc8)CC5CCC7C6)cc4)ccc4ccccc34)cc2)cc1. The zero-order valence-corrected chi connectivity index (χ0v) is 41.5. The third kappa shape index (κ3) is 6.69. The molecular formula is C73H55N. The molecule has 15 rings (SSSR count). The van der Waals surface area contributed by atoms with Crippen molar-refractivity contribution >= 4 is 27.8 Å². The van der Waals surface area contributed by atoms with Crippen molar-refractivity contribution in [3.8, 4) is 44.5 Å². The summed E-state index contributed by atoms with van der Waals surface area (Å²) in [4.78, 5) is 2.55. The van der Waals surface area contributed by atoms with Crippen LogP contribution >= 0.6 is 0 Å². The lowest BCUT2D eigenvalue weighted by Gasteiger charge is -2.39. The summed E-state index contributed by atoms with van der Waals surface area (Å²) in [5.41, 5.74) is 27.1. The van der Waals surface area contributed by atoms with Crippen LogP contribution in [0.3, 0.4) is 0 Å². The zero-order valence-electron chi connectivity index (χ0n) is 41.5. The van der Waals surface area contributed by atoms with E-state index in [0.717, 1.165) is 19.3 Å². The van der Waals surface area contributed by atoms with Crippen molar-refractivity contribution in [3.63, 3.8) is 0 Å². The molecule has 0 aromatic heterocycles. The molecule has 0 N–H and O–H groups in total. The van der Waals surface area contributed by atoms with E-state index in [1.165, 1.54) is 119 Å². The Labute approximate surface area is 435 Å². The average molecular weight is 946 g/mol. The molecule has 4 unspecified atom stereocenters. The minimum atomic E-state index is -0.110. The van der Waals surface area contributed by atoms with Gasteiger partial charge in [0, 0.05) is 22.7 Å². The Bertz CT molecular complexity index is 3880. The predicted octanol–water partition coefficient (Wildman–Crippen LogP) is 18.5. The van der Waals surface area contributed by atoms with Crippen LogP contribution in [0.5, 0.6) is 0 Å². The number of rotatable bonds is 9. The Morgan fingerprint density at radius 1 is 0.378 bits per heavy atom. The third-order valence-corrected chi connectivity index (χ3v) is 17.7. The summed E-state index contributed by atoms with van der Waals surface area (Å²) in [6.07, 6.45) is 5.71. The molecule has 1 nitrogen and oxygen atoms in total. The van der Waals surface area contributed by atoms with Crippen LogP contribution in [0.4, 0.5) is 17.1 Å². The van der Waals surface area contributed by atoms with Crippen molar-refractivity contribution in [1.82, 2.24) is 0 Å². The molecule has 0 radical (unpaired) electrons. The maximum atomic E-state index is 2.57. The molecule has 352 valence electrons. The molecule has 0 aliphatic heterocycles. The smallest absolute Gasteiger partial charge is 0.0505 e. The quantitative estimate of drug-likeness (QED) is 0.130. The summed E-state index contributed by atoms with van der Waals surface area (Å²) < 4.78 is 0. The molecule has 1 heteroatoms. The highest BCUT2D eigenvalue weighted by Crippen LogP contribution is 2.68. The number of anilines is 3. The number of benzene rings is 11. The number of hydrogen-bond donors (Lipinski definition) is 0. The summed E-state index contributed by atoms with van der Waals surface area (Å²) in [6.45, 7) is 0. The largest absolute Gasteiger partial charge is 0.310 e. The van der Waals surface area contributed by atoms with Gasteiger partial charge in [-0.3, -0.25) is 0 Å². The van der Waals surface area contributed by atoms with Gasteiger partial charge in [-0.2, -0.15) is 0 Å². The normalized spacial score (nSPS) is 18.0. The fourth-order valence-electron chi connectivity index (χ4n) is 14.8. The van der Waals surface area contributed by atoms with Crippen LogP contribution in [0.25, 0.3) is 55.3 Å². The lowest BCUT2D eigenvalue weighted by molar-refractivity contribution is 0.347. The van der Waals surface area contributed by atoms with E-state index in [9.17, 15) is 0 Å². The van der Waals surface area contributed by atoms with Gasteiger partial charge in [0.15, 0.2) is 0 Å². The molecule has 0 amide bonds. The third-order valence-electron chi connectivity index (χ3n) is 17.7. The first-order valence-electron chi connectivity index (χ1n) is 26.8. The first-order chi connectivity index (χ1) is 36.7. The molecule has 1 spiro atoms. The number of hydrogen-bond acceptors (Lipinski definition) is 1. The fourth-order valence-corrected chi connectivity index (χ4v) is 14.8. The molecule has 1 saturated carbocycles.